The summed E-state index contributed by atoms with van der Waals surface area (Å²) >= 11 is 0. The first kappa shape index (κ1) is 19.4. The number of nitriles is 1. The van der Waals surface area contributed by atoms with Gasteiger partial charge < -0.3 is 4.74 Å². The van der Waals surface area contributed by atoms with Crippen LogP contribution in [0, 0.1) is 17.1 Å². The molecular weight excluding hydrogens is 379 g/mol. The third-order valence-electron chi connectivity index (χ3n) is 3.99. The van der Waals surface area contributed by atoms with Crippen molar-refractivity contribution in [1.82, 2.24) is 0 Å². The van der Waals surface area contributed by atoms with E-state index in [9.17, 15) is 12.8 Å². The highest BCUT2D eigenvalue weighted by Crippen LogP contribution is 2.23. The number of sulfonamides is 1. The van der Waals surface area contributed by atoms with Gasteiger partial charge in [-0.2, -0.15) is 5.26 Å². The fourth-order valence-corrected chi connectivity index (χ4v) is 4.04. The summed E-state index contributed by atoms with van der Waals surface area (Å²) in [5, 5.41) is 8.83. The Morgan fingerprint density at radius 3 is 2.18 bits per heavy atom. The van der Waals surface area contributed by atoms with Crippen molar-refractivity contribution in [1.29, 1.82) is 5.26 Å². The standard InChI is InChI=1S/C21H17FN2O3S/c22-18-8-12-21(13-9-18)28(25,26)24(19-4-2-1-3-5-19)14-15-27-20-10-6-17(16-23)7-11-20/h1-13H,14-15H2. The number of hydrogen-bond acceptors (Lipinski definition) is 4. The number of benzene rings is 3. The van der Waals surface area contributed by atoms with E-state index in [0.29, 0.717) is 17.0 Å². The lowest BCUT2D eigenvalue weighted by Gasteiger charge is -2.24. The lowest BCUT2D eigenvalue weighted by molar-refractivity contribution is 0.328. The van der Waals surface area contributed by atoms with E-state index in [1.807, 2.05) is 6.07 Å². The van der Waals surface area contributed by atoms with E-state index in [-0.39, 0.29) is 18.0 Å². The SMILES string of the molecule is N#Cc1ccc(OCCN(c2ccccc2)S(=O)(=O)c2ccc(F)cc2)cc1. The first-order valence-corrected chi connectivity index (χ1v) is 9.91. The average molecular weight is 396 g/mol. The molecule has 0 saturated heterocycles. The number of rotatable bonds is 7. The number of anilines is 1. The van der Waals surface area contributed by atoms with Crippen LogP contribution in [0.1, 0.15) is 5.56 Å². The molecule has 7 heteroatoms. The summed E-state index contributed by atoms with van der Waals surface area (Å²) in [5.74, 6) is 0.0283. The Hall–Kier alpha value is -3.37. The summed E-state index contributed by atoms with van der Waals surface area (Å²) in [6.07, 6.45) is 0. The molecule has 0 aromatic heterocycles. The molecule has 0 fully saturated rings. The first-order chi connectivity index (χ1) is 13.5. The Bertz CT molecular complexity index is 1060. The molecule has 0 unspecified atom stereocenters. The fourth-order valence-electron chi connectivity index (χ4n) is 2.59. The van der Waals surface area contributed by atoms with Gasteiger partial charge >= 0.3 is 0 Å². The van der Waals surface area contributed by atoms with Crippen molar-refractivity contribution in [2.45, 2.75) is 4.90 Å². The van der Waals surface area contributed by atoms with E-state index < -0.39 is 15.8 Å². The van der Waals surface area contributed by atoms with Crippen LogP contribution >= 0.6 is 0 Å². The second-order valence-electron chi connectivity index (χ2n) is 5.85. The second kappa shape index (κ2) is 8.55. The van der Waals surface area contributed by atoms with Gasteiger partial charge in [0.2, 0.25) is 0 Å². The van der Waals surface area contributed by atoms with Gasteiger partial charge in [0.15, 0.2) is 0 Å². The normalized spacial score (nSPS) is 10.9. The zero-order valence-corrected chi connectivity index (χ0v) is 15.6. The van der Waals surface area contributed by atoms with Crippen LogP contribution in [0.25, 0.3) is 0 Å². The summed E-state index contributed by atoms with van der Waals surface area (Å²) < 4.78 is 46.2. The monoisotopic (exact) mass is 396 g/mol. The molecule has 0 atom stereocenters. The van der Waals surface area contributed by atoms with Crippen molar-refractivity contribution in [2.75, 3.05) is 17.5 Å². The quantitative estimate of drug-likeness (QED) is 0.606. The van der Waals surface area contributed by atoms with Crippen molar-refractivity contribution >= 4 is 15.7 Å². The lowest BCUT2D eigenvalue weighted by Crippen LogP contribution is -2.34. The van der Waals surface area contributed by atoms with Crippen LogP contribution in [0.15, 0.2) is 83.8 Å². The molecular formula is C21H17FN2O3S. The highest BCUT2D eigenvalue weighted by molar-refractivity contribution is 7.92. The molecule has 3 rings (SSSR count). The molecule has 0 aliphatic rings. The van der Waals surface area contributed by atoms with E-state index in [4.69, 9.17) is 10.00 Å². The van der Waals surface area contributed by atoms with Crippen molar-refractivity contribution in [3.63, 3.8) is 0 Å². The van der Waals surface area contributed by atoms with E-state index in [1.54, 1.807) is 54.6 Å². The van der Waals surface area contributed by atoms with Crippen LogP contribution in [-0.2, 0) is 10.0 Å². The third-order valence-corrected chi connectivity index (χ3v) is 5.83. The maximum atomic E-state index is 13.2. The van der Waals surface area contributed by atoms with Crippen molar-refractivity contribution in [3.8, 4) is 11.8 Å². The van der Waals surface area contributed by atoms with Crippen LogP contribution in [0.5, 0.6) is 5.75 Å². The molecule has 0 bridgehead atoms. The summed E-state index contributed by atoms with van der Waals surface area (Å²) in [4.78, 5) is -0.00359. The molecule has 142 valence electrons. The predicted octanol–water partition coefficient (Wildman–Crippen LogP) is 3.97. The van der Waals surface area contributed by atoms with Crippen LogP contribution in [0.4, 0.5) is 10.1 Å². The molecule has 3 aromatic carbocycles. The molecule has 0 saturated carbocycles. The Morgan fingerprint density at radius 1 is 0.929 bits per heavy atom. The Morgan fingerprint density at radius 2 is 1.57 bits per heavy atom. The Balaban J connectivity index is 1.81. The number of hydrogen-bond donors (Lipinski definition) is 0. The molecule has 0 aliphatic heterocycles. The first-order valence-electron chi connectivity index (χ1n) is 8.47. The Labute approximate surface area is 163 Å². The van der Waals surface area contributed by atoms with Gasteiger partial charge in [-0.3, -0.25) is 4.31 Å². The van der Waals surface area contributed by atoms with Gasteiger partial charge in [-0.15, -0.1) is 0 Å². The molecule has 28 heavy (non-hydrogen) atoms. The minimum absolute atomic E-state index is 0.00359. The number of ether oxygens (including phenoxy) is 1. The highest BCUT2D eigenvalue weighted by atomic mass is 32.2. The minimum Gasteiger partial charge on any atom is -0.492 e. The zero-order chi connectivity index (χ0) is 20.0. The average Bonchev–Trinajstić information content (AvgIpc) is 2.72. The maximum Gasteiger partial charge on any atom is 0.264 e. The van der Waals surface area contributed by atoms with Gasteiger partial charge in [0, 0.05) is 0 Å². The van der Waals surface area contributed by atoms with Crippen LogP contribution < -0.4 is 9.04 Å². The van der Waals surface area contributed by atoms with Crippen molar-refractivity contribution in [2.24, 2.45) is 0 Å². The van der Waals surface area contributed by atoms with E-state index >= 15 is 0 Å². The number of halogens is 1. The molecule has 0 heterocycles. The molecule has 0 aliphatic carbocycles. The summed E-state index contributed by atoms with van der Waals surface area (Å²) in [7, 11) is -3.89. The molecule has 5 nitrogen and oxygen atoms in total. The zero-order valence-electron chi connectivity index (χ0n) is 14.8. The van der Waals surface area contributed by atoms with Crippen LogP contribution in [0.2, 0.25) is 0 Å². The fraction of sp³-hybridized carbons (Fsp3) is 0.0952. The van der Waals surface area contributed by atoms with Crippen molar-refractivity contribution in [3.05, 3.63) is 90.2 Å². The smallest absolute Gasteiger partial charge is 0.264 e. The predicted molar refractivity (Wildman–Crippen MR) is 104 cm³/mol. The molecule has 0 spiro atoms. The van der Waals surface area contributed by atoms with Gasteiger partial charge in [0.25, 0.3) is 10.0 Å². The summed E-state index contributed by atoms with van der Waals surface area (Å²) in [5.41, 5.74) is 0.993. The molecule has 0 N–H and O–H groups in total. The largest absolute Gasteiger partial charge is 0.492 e. The minimum atomic E-state index is -3.89. The maximum absolute atomic E-state index is 13.2. The topological polar surface area (TPSA) is 70.4 Å². The van der Waals surface area contributed by atoms with Crippen molar-refractivity contribution < 1.29 is 17.5 Å². The number of para-hydroxylation sites is 1. The molecule has 0 amide bonds. The van der Waals surface area contributed by atoms with Gasteiger partial charge in [0.05, 0.1) is 28.8 Å². The Kier molecular flexibility index (Phi) is 5.92. The van der Waals surface area contributed by atoms with Crippen LogP contribution in [-0.4, -0.2) is 21.6 Å². The highest BCUT2D eigenvalue weighted by Gasteiger charge is 2.25. The van der Waals surface area contributed by atoms with E-state index in [1.165, 1.54) is 16.4 Å². The lowest BCUT2D eigenvalue weighted by atomic mass is 10.2. The van der Waals surface area contributed by atoms with Gasteiger partial charge in [-0.25, -0.2) is 12.8 Å². The van der Waals surface area contributed by atoms with Gasteiger partial charge in [-0.05, 0) is 60.7 Å². The van der Waals surface area contributed by atoms with Gasteiger partial charge in [0.1, 0.15) is 18.2 Å². The molecule has 3 aromatic rings. The summed E-state index contributed by atoms with van der Waals surface area (Å²) in [6, 6.07) is 21.9. The molecule has 0 radical (unpaired) electrons. The van der Waals surface area contributed by atoms with E-state index in [0.717, 1.165) is 12.1 Å². The van der Waals surface area contributed by atoms with E-state index in [2.05, 4.69) is 0 Å². The van der Waals surface area contributed by atoms with Gasteiger partial charge in [-0.1, -0.05) is 18.2 Å². The third kappa shape index (κ3) is 4.48. The number of nitrogens with zero attached hydrogens (tertiary/aromatic N) is 2. The second-order valence-corrected chi connectivity index (χ2v) is 7.71. The summed E-state index contributed by atoms with van der Waals surface area (Å²) in [6.45, 7) is 0.158. The van der Waals surface area contributed by atoms with Crippen LogP contribution in [0.3, 0.4) is 0 Å².